The van der Waals surface area contributed by atoms with E-state index in [9.17, 15) is 9.59 Å². The van der Waals surface area contributed by atoms with Crippen LogP contribution in [0.1, 0.15) is 32.3 Å². The molecule has 0 aliphatic rings. The van der Waals surface area contributed by atoms with Crippen molar-refractivity contribution in [3.05, 3.63) is 35.9 Å². The van der Waals surface area contributed by atoms with E-state index >= 15 is 0 Å². The number of carbonyl (C=O) groups excluding carboxylic acids is 2. The molecule has 134 valence electrons. The molecule has 1 aromatic carbocycles. The van der Waals surface area contributed by atoms with Crippen LogP contribution >= 0.6 is 0 Å². The molecule has 0 radical (unpaired) electrons. The third-order valence-electron chi connectivity index (χ3n) is 4.16. The molecular formula is C19H30N2O3. The summed E-state index contributed by atoms with van der Waals surface area (Å²) in [6, 6.07) is 9.70. The minimum absolute atomic E-state index is 0.0599. The number of hydrogen-bond donors (Lipinski definition) is 0. The smallest absolute Gasteiger partial charge is 0.307 e. The minimum atomic E-state index is -0.281. The maximum atomic E-state index is 12.6. The lowest BCUT2D eigenvalue weighted by molar-refractivity contribution is -0.141. The van der Waals surface area contributed by atoms with Crippen molar-refractivity contribution in [2.75, 3.05) is 39.8 Å². The molecule has 24 heavy (non-hydrogen) atoms. The Kier molecular flexibility index (Phi) is 9.77. The van der Waals surface area contributed by atoms with E-state index in [0.29, 0.717) is 19.5 Å². The Bertz CT molecular complexity index is 487. The van der Waals surface area contributed by atoms with E-state index in [1.54, 1.807) is 4.90 Å². The van der Waals surface area contributed by atoms with Crippen molar-refractivity contribution >= 4 is 11.9 Å². The predicted molar refractivity (Wildman–Crippen MR) is 95.8 cm³/mol. The first-order valence-electron chi connectivity index (χ1n) is 8.71. The summed E-state index contributed by atoms with van der Waals surface area (Å²) in [6.07, 6.45) is 1.51. The van der Waals surface area contributed by atoms with Gasteiger partial charge in [0.2, 0.25) is 5.91 Å². The van der Waals surface area contributed by atoms with E-state index < -0.39 is 0 Å². The van der Waals surface area contributed by atoms with Gasteiger partial charge in [0.15, 0.2) is 0 Å². The number of hydrogen-bond acceptors (Lipinski definition) is 4. The van der Waals surface area contributed by atoms with E-state index in [4.69, 9.17) is 4.74 Å². The Hall–Kier alpha value is -1.88. The summed E-state index contributed by atoms with van der Waals surface area (Å²) in [5, 5.41) is 0. The first-order valence-corrected chi connectivity index (χ1v) is 8.71. The van der Waals surface area contributed by atoms with E-state index in [1.165, 1.54) is 7.11 Å². The first-order chi connectivity index (χ1) is 11.6. The van der Waals surface area contributed by atoms with Gasteiger partial charge >= 0.3 is 5.97 Å². The molecule has 0 spiro atoms. The van der Waals surface area contributed by atoms with Crippen molar-refractivity contribution in [1.29, 1.82) is 0 Å². The molecule has 0 aliphatic carbocycles. The molecule has 0 aliphatic heterocycles. The minimum Gasteiger partial charge on any atom is -0.469 e. The lowest BCUT2D eigenvalue weighted by atomic mass is 10.1. The Morgan fingerprint density at radius 3 is 2.25 bits per heavy atom. The molecule has 5 nitrogen and oxygen atoms in total. The number of amides is 1. The predicted octanol–water partition coefficient (Wildman–Crippen LogP) is 2.35. The second kappa shape index (κ2) is 11.6. The van der Waals surface area contributed by atoms with Crippen LogP contribution in [0.25, 0.3) is 0 Å². The van der Waals surface area contributed by atoms with Gasteiger partial charge in [-0.2, -0.15) is 0 Å². The van der Waals surface area contributed by atoms with Crippen molar-refractivity contribution in [1.82, 2.24) is 9.80 Å². The molecule has 0 saturated carbocycles. The van der Waals surface area contributed by atoms with Gasteiger partial charge in [-0.25, -0.2) is 0 Å². The molecule has 0 fully saturated rings. The molecule has 0 unspecified atom stereocenters. The number of esters is 1. The highest BCUT2D eigenvalue weighted by atomic mass is 16.5. The molecule has 0 saturated heterocycles. The summed E-state index contributed by atoms with van der Waals surface area (Å²) in [5.74, 6) is -0.221. The topological polar surface area (TPSA) is 49.9 Å². The van der Waals surface area contributed by atoms with Crippen LogP contribution in [0.4, 0.5) is 0 Å². The number of carbonyl (C=O) groups is 2. The van der Waals surface area contributed by atoms with Gasteiger partial charge in [-0.05, 0) is 31.6 Å². The van der Waals surface area contributed by atoms with Crippen LogP contribution in [0.5, 0.6) is 0 Å². The highest BCUT2D eigenvalue weighted by molar-refractivity contribution is 5.79. The van der Waals surface area contributed by atoms with Gasteiger partial charge in [-0.1, -0.05) is 44.2 Å². The zero-order valence-corrected chi connectivity index (χ0v) is 15.2. The quantitative estimate of drug-likeness (QED) is 0.583. The van der Waals surface area contributed by atoms with E-state index in [1.807, 2.05) is 30.3 Å². The lowest BCUT2D eigenvalue weighted by Crippen LogP contribution is -2.37. The van der Waals surface area contributed by atoms with Crippen molar-refractivity contribution in [2.45, 2.75) is 33.1 Å². The molecule has 0 N–H and O–H groups in total. The van der Waals surface area contributed by atoms with Gasteiger partial charge in [0.05, 0.1) is 20.0 Å². The van der Waals surface area contributed by atoms with Gasteiger partial charge in [0.1, 0.15) is 0 Å². The van der Waals surface area contributed by atoms with Crippen molar-refractivity contribution in [3.63, 3.8) is 0 Å². The fourth-order valence-electron chi connectivity index (χ4n) is 2.60. The number of methoxy groups -OCH3 is 1. The number of rotatable bonds is 11. The van der Waals surface area contributed by atoms with Crippen LogP contribution in [0.3, 0.4) is 0 Å². The molecule has 0 heterocycles. The van der Waals surface area contributed by atoms with Crippen molar-refractivity contribution < 1.29 is 14.3 Å². The maximum Gasteiger partial charge on any atom is 0.307 e. The third-order valence-corrected chi connectivity index (χ3v) is 4.16. The highest BCUT2D eigenvalue weighted by Gasteiger charge is 2.16. The Morgan fingerprint density at radius 2 is 1.67 bits per heavy atom. The van der Waals surface area contributed by atoms with Gasteiger partial charge in [-0.15, -0.1) is 0 Å². The Morgan fingerprint density at radius 1 is 1.00 bits per heavy atom. The summed E-state index contributed by atoms with van der Waals surface area (Å²) in [4.78, 5) is 28.1. The van der Waals surface area contributed by atoms with Crippen LogP contribution in [-0.2, 0) is 20.7 Å². The van der Waals surface area contributed by atoms with Crippen LogP contribution in [0.2, 0.25) is 0 Å². The third kappa shape index (κ3) is 7.59. The van der Waals surface area contributed by atoms with Crippen molar-refractivity contribution in [3.8, 4) is 0 Å². The Labute approximate surface area is 145 Å². The normalized spacial score (nSPS) is 10.7. The zero-order chi connectivity index (χ0) is 17.8. The second-order valence-electron chi connectivity index (χ2n) is 5.75. The molecule has 1 aromatic rings. The fraction of sp³-hybridized carbons (Fsp3) is 0.579. The summed E-state index contributed by atoms with van der Waals surface area (Å²) in [5.41, 5.74) is 0.995. The van der Waals surface area contributed by atoms with Gasteiger partial charge in [-0.3, -0.25) is 9.59 Å². The summed E-state index contributed by atoms with van der Waals surface area (Å²) in [6.45, 7) is 8.33. The lowest BCUT2D eigenvalue weighted by Gasteiger charge is -2.24. The zero-order valence-electron chi connectivity index (χ0n) is 15.2. The van der Waals surface area contributed by atoms with E-state index in [-0.39, 0.29) is 18.3 Å². The van der Waals surface area contributed by atoms with Crippen LogP contribution in [0, 0.1) is 0 Å². The molecule has 1 rings (SSSR count). The standard InChI is InChI=1S/C19H30N2O3/c1-4-20(5-2)13-9-14-21(15-12-19(23)24-3)18(22)16-17-10-7-6-8-11-17/h6-8,10-11H,4-5,9,12-16H2,1-3H3. The highest BCUT2D eigenvalue weighted by Crippen LogP contribution is 2.06. The van der Waals surface area contributed by atoms with Gasteiger partial charge < -0.3 is 14.5 Å². The van der Waals surface area contributed by atoms with Crippen LogP contribution in [0.15, 0.2) is 30.3 Å². The average molecular weight is 334 g/mol. The SMILES string of the molecule is CCN(CC)CCCN(CCC(=O)OC)C(=O)Cc1ccccc1. The molecule has 0 bridgehead atoms. The molecular weight excluding hydrogens is 304 g/mol. The monoisotopic (exact) mass is 334 g/mol. The van der Waals surface area contributed by atoms with Gasteiger partial charge in [0.25, 0.3) is 0 Å². The summed E-state index contributed by atoms with van der Waals surface area (Å²) < 4.78 is 4.69. The summed E-state index contributed by atoms with van der Waals surface area (Å²) >= 11 is 0. The first kappa shape index (κ1) is 20.2. The Balaban J connectivity index is 2.58. The summed E-state index contributed by atoms with van der Waals surface area (Å²) in [7, 11) is 1.37. The van der Waals surface area contributed by atoms with E-state index in [0.717, 1.165) is 31.6 Å². The van der Waals surface area contributed by atoms with Gasteiger partial charge in [0, 0.05) is 13.1 Å². The number of nitrogens with zero attached hydrogens (tertiary/aromatic N) is 2. The molecule has 0 aromatic heterocycles. The largest absolute Gasteiger partial charge is 0.469 e. The number of ether oxygens (including phenoxy) is 1. The second-order valence-corrected chi connectivity index (χ2v) is 5.75. The molecule has 0 atom stereocenters. The molecule has 5 heteroatoms. The van der Waals surface area contributed by atoms with Crippen LogP contribution in [-0.4, -0.2) is 61.5 Å². The van der Waals surface area contributed by atoms with E-state index in [2.05, 4.69) is 18.7 Å². The average Bonchev–Trinajstić information content (AvgIpc) is 2.61. The molecule has 1 amide bonds. The van der Waals surface area contributed by atoms with Crippen molar-refractivity contribution in [2.24, 2.45) is 0 Å². The fourth-order valence-corrected chi connectivity index (χ4v) is 2.60. The van der Waals surface area contributed by atoms with Crippen LogP contribution < -0.4 is 0 Å². The maximum absolute atomic E-state index is 12.6. The number of benzene rings is 1.